The highest BCUT2D eigenvalue weighted by Crippen LogP contribution is 2.11. The summed E-state index contributed by atoms with van der Waals surface area (Å²) in [5.74, 6) is 0.212. The molecular formula is C12H25N3O3S. The molecule has 0 aliphatic carbocycles. The maximum absolute atomic E-state index is 11.8. The van der Waals surface area contributed by atoms with E-state index in [1.54, 1.807) is 7.05 Å². The number of nitrogens with zero attached hydrogens (tertiary/aromatic N) is 1. The number of rotatable bonds is 7. The van der Waals surface area contributed by atoms with Crippen molar-refractivity contribution in [1.29, 1.82) is 0 Å². The number of unbranched alkanes of at least 4 members (excludes halogenated alkanes) is 1. The van der Waals surface area contributed by atoms with Crippen molar-refractivity contribution in [2.75, 3.05) is 32.4 Å². The van der Waals surface area contributed by atoms with Gasteiger partial charge < -0.3 is 5.32 Å². The van der Waals surface area contributed by atoms with Gasteiger partial charge in [0.2, 0.25) is 15.9 Å². The monoisotopic (exact) mass is 291 g/mol. The molecule has 0 unspecified atom stereocenters. The first-order valence-corrected chi connectivity index (χ1v) is 8.55. The topological polar surface area (TPSA) is 78.5 Å². The van der Waals surface area contributed by atoms with Gasteiger partial charge in [0, 0.05) is 26.2 Å². The second kappa shape index (κ2) is 7.81. The summed E-state index contributed by atoms with van der Waals surface area (Å²) in [5, 5.41) is 2.59. The van der Waals surface area contributed by atoms with E-state index in [2.05, 4.69) is 14.9 Å². The third kappa shape index (κ3) is 6.35. The molecule has 1 aliphatic rings. The van der Waals surface area contributed by atoms with Gasteiger partial charge in [-0.1, -0.05) is 13.3 Å². The normalized spacial score (nSPS) is 18.4. The number of carbonyl (C=O) groups is 1. The molecule has 1 rings (SSSR count). The van der Waals surface area contributed by atoms with Gasteiger partial charge in [-0.25, -0.2) is 13.1 Å². The quantitative estimate of drug-likeness (QED) is 0.687. The van der Waals surface area contributed by atoms with Crippen LogP contribution in [-0.4, -0.2) is 57.7 Å². The summed E-state index contributed by atoms with van der Waals surface area (Å²) in [6.07, 6.45) is 3.11. The highest BCUT2D eigenvalue weighted by molar-refractivity contribution is 7.89. The van der Waals surface area contributed by atoms with E-state index >= 15 is 0 Å². The Morgan fingerprint density at radius 2 is 1.95 bits per heavy atom. The van der Waals surface area contributed by atoms with Crippen LogP contribution in [0.25, 0.3) is 0 Å². The van der Waals surface area contributed by atoms with Gasteiger partial charge in [-0.2, -0.15) is 0 Å². The number of hydrogen-bond donors (Lipinski definition) is 2. The summed E-state index contributed by atoms with van der Waals surface area (Å²) in [6.45, 7) is 3.89. The Hall–Kier alpha value is -0.660. The predicted molar refractivity (Wildman–Crippen MR) is 75.4 cm³/mol. The third-order valence-corrected chi connectivity index (χ3v) is 4.87. The molecular weight excluding hydrogens is 266 g/mol. The number of sulfonamides is 1. The van der Waals surface area contributed by atoms with Crippen molar-refractivity contribution in [3.63, 3.8) is 0 Å². The molecule has 19 heavy (non-hydrogen) atoms. The number of hydrogen-bond acceptors (Lipinski definition) is 4. The molecule has 2 N–H and O–H groups in total. The lowest BCUT2D eigenvalue weighted by molar-refractivity contribution is -0.122. The Balaban J connectivity index is 2.32. The van der Waals surface area contributed by atoms with Gasteiger partial charge in [0.15, 0.2) is 0 Å². The predicted octanol–water partition coefficient (Wildman–Crippen LogP) is -0.0837. The van der Waals surface area contributed by atoms with Crippen molar-refractivity contribution in [2.24, 2.45) is 0 Å². The molecule has 7 heteroatoms. The Labute approximate surface area is 116 Å². The summed E-state index contributed by atoms with van der Waals surface area (Å²) in [7, 11) is -1.51. The van der Waals surface area contributed by atoms with Gasteiger partial charge in [-0.05, 0) is 19.3 Å². The molecule has 0 bridgehead atoms. The largest absolute Gasteiger partial charge is 0.358 e. The van der Waals surface area contributed by atoms with Crippen LogP contribution in [0, 0.1) is 0 Å². The highest BCUT2D eigenvalue weighted by Gasteiger charge is 2.23. The fraction of sp³-hybridized carbons (Fsp3) is 0.917. The van der Waals surface area contributed by atoms with Gasteiger partial charge in [0.05, 0.1) is 12.3 Å². The zero-order valence-electron chi connectivity index (χ0n) is 11.8. The number of piperidine rings is 1. The first-order chi connectivity index (χ1) is 8.96. The number of likely N-dealkylation sites (N-methyl/N-ethyl adjacent to an activating group) is 1. The second-order valence-electron chi connectivity index (χ2n) is 5.01. The maximum Gasteiger partial charge on any atom is 0.233 e. The molecule has 0 radical (unpaired) electrons. The van der Waals surface area contributed by atoms with E-state index in [1.165, 1.54) is 0 Å². The fourth-order valence-corrected chi connectivity index (χ4v) is 3.67. The minimum absolute atomic E-state index is 0.00183. The minimum Gasteiger partial charge on any atom is -0.358 e. The van der Waals surface area contributed by atoms with E-state index in [0.29, 0.717) is 13.0 Å². The first-order valence-electron chi connectivity index (χ1n) is 6.89. The van der Waals surface area contributed by atoms with Crippen LogP contribution in [0.1, 0.15) is 32.6 Å². The van der Waals surface area contributed by atoms with Crippen LogP contribution < -0.4 is 10.0 Å². The van der Waals surface area contributed by atoms with Gasteiger partial charge in [0.1, 0.15) is 0 Å². The molecule has 1 aliphatic heterocycles. The highest BCUT2D eigenvalue weighted by atomic mass is 32.2. The van der Waals surface area contributed by atoms with Crippen LogP contribution in [-0.2, 0) is 14.8 Å². The first kappa shape index (κ1) is 16.4. The van der Waals surface area contributed by atoms with E-state index in [4.69, 9.17) is 0 Å². The number of likely N-dealkylation sites (tertiary alicyclic amines) is 1. The standard InChI is InChI=1S/C12H25N3O3S/c1-3-4-9-19(17,18)14-11-5-7-15(8-6-11)10-12(16)13-2/h11,14H,3-10H2,1-2H3,(H,13,16). The van der Waals surface area contributed by atoms with Crippen molar-refractivity contribution in [2.45, 2.75) is 38.6 Å². The Morgan fingerprint density at radius 3 is 2.47 bits per heavy atom. The maximum atomic E-state index is 11.8. The molecule has 0 aromatic carbocycles. The molecule has 0 aromatic rings. The van der Waals surface area contributed by atoms with Crippen LogP contribution in [0.2, 0.25) is 0 Å². The molecule has 0 aromatic heterocycles. The number of amides is 1. The summed E-state index contributed by atoms with van der Waals surface area (Å²) < 4.78 is 26.3. The van der Waals surface area contributed by atoms with Gasteiger partial charge in [0.25, 0.3) is 0 Å². The Morgan fingerprint density at radius 1 is 1.32 bits per heavy atom. The van der Waals surface area contributed by atoms with Crippen molar-refractivity contribution < 1.29 is 13.2 Å². The fourth-order valence-electron chi connectivity index (χ4n) is 2.14. The van der Waals surface area contributed by atoms with E-state index in [9.17, 15) is 13.2 Å². The van der Waals surface area contributed by atoms with Gasteiger partial charge in [-0.3, -0.25) is 9.69 Å². The van der Waals surface area contributed by atoms with E-state index < -0.39 is 10.0 Å². The smallest absolute Gasteiger partial charge is 0.233 e. The molecule has 112 valence electrons. The Bertz CT molecular complexity index is 376. The SMILES string of the molecule is CCCCS(=O)(=O)NC1CCN(CC(=O)NC)CC1. The number of nitrogens with one attached hydrogen (secondary N) is 2. The molecule has 1 saturated heterocycles. The van der Waals surface area contributed by atoms with Crippen LogP contribution in [0.5, 0.6) is 0 Å². The molecule has 0 saturated carbocycles. The lowest BCUT2D eigenvalue weighted by Crippen LogP contribution is -2.47. The molecule has 1 amide bonds. The zero-order chi connectivity index (χ0) is 14.3. The van der Waals surface area contributed by atoms with Crippen LogP contribution in [0.15, 0.2) is 0 Å². The van der Waals surface area contributed by atoms with Crippen molar-refractivity contribution in [3.05, 3.63) is 0 Å². The van der Waals surface area contributed by atoms with Gasteiger partial charge in [-0.15, -0.1) is 0 Å². The van der Waals surface area contributed by atoms with E-state index in [1.807, 2.05) is 6.92 Å². The second-order valence-corrected chi connectivity index (χ2v) is 6.89. The number of carbonyl (C=O) groups excluding carboxylic acids is 1. The van der Waals surface area contributed by atoms with Gasteiger partial charge >= 0.3 is 0 Å². The lowest BCUT2D eigenvalue weighted by atomic mass is 10.1. The summed E-state index contributed by atoms with van der Waals surface area (Å²) in [4.78, 5) is 13.3. The van der Waals surface area contributed by atoms with Crippen LogP contribution in [0.4, 0.5) is 0 Å². The third-order valence-electron chi connectivity index (χ3n) is 3.35. The molecule has 6 nitrogen and oxygen atoms in total. The van der Waals surface area contributed by atoms with Crippen LogP contribution >= 0.6 is 0 Å². The summed E-state index contributed by atoms with van der Waals surface area (Å²) in [6, 6.07) is 0.0165. The zero-order valence-corrected chi connectivity index (χ0v) is 12.6. The molecule has 0 atom stereocenters. The Kier molecular flexibility index (Phi) is 6.74. The van der Waals surface area contributed by atoms with Crippen LogP contribution in [0.3, 0.4) is 0 Å². The molecule has 1 fully saturated rings. The minimum atomic E-state index is -3.14. The average molecular weight is 291 g/mol. The molecule has 0 spiro atoms. The van der Waals surface area contributed by atoms with Crippen molar-refractivity contribution in [1.82, 2.24) is 14.9 Å². The van der Waals surface area contributed by atoms with E-state index in [0.717, 1.165) is 32.4 Å². The summed E-state index contributed by atoms with van der Waals surface area (Å²) >= 11 is 0. The molecule has 1 heterocycles. The lowest BCUT2D eigenvalue weighted by Gasteiger charge is -2.31. The van der Waals surface area contributed by atoms with Crippen molar-refractivity contribution in [3.8, 4) is 0 Å². The average Bonchev–Trinajstić information content (AvgIpc) is 2.38. The van der Waals surface area contributed by atoms with Crippen molar-refractivity contribution >= 4 is 15.9 Å². The summed E-state index contributed by atoms with van der Waals surface area (Å²) in [5.41, 5.74) is 0. The van der Waals surface area contributed by atoms with E-state index in [-0.39, 0.29) is 17.7 Å².